The van der Waals surface area contributed by atoms with Gasteiger partial charge in [0.1, 0.15) is 6.10 Å². The molecule has 1 rings (SSSR count). The predicted molar refractivity (Wildman–Crippen MR) is 70.7 cm³/mol. The first-order valence-electron chi connectivity index (χ1n) is 6.70. The van der Waals surface area contributed by atoms with Crippen LogP contribution in [-0.4, -0.2) is 33.6 Å². The number of rotatable bonds is 6. The molecule has 112 valence electrons. The number of nitrogens with one attached hydrogen (secondary N) is 1. The maximum absolute atomic E-state index is 11.6. The fraction of sp³-hybridized carbons (Fsp3) is 0.917. The van der Waals surface area contributed by atoms with Crippen LogP contribution in [0, 0.1) is 5.92 Å². The largest absolute Gasteiger partial charge is 0.462 e. The molecule has 0 heterocycles. The van der Waals surface area contributed by atoms with E-state index in [-0.39, 0.29) is 24.1 Å². The Morgan fingerprint density at radius 1 is 1.26 bits per heavy atom. The maximum atomic E-state index is 11.6. The highest BCUT2D eigenvalue weighted by Gasteiger charge is 2.28. The Kier molecular flexibility index (Phi) is 6.22. The molecular weight excluding hydrogens is 270 g/mol. The van der Waals surface area contributed by atoms with E-state index in [0.717, 1.165) is 6.42 Å². The average molecular weight is 293 g/mol. The van der Waals surface area contributed by atoms with Crippen LogP contribution < -0.4 is 4.72 Å². The average Bonchev–Trinajstić information content (AvgIpc) is 2.39. The summed E-state index contributed by atoms with van der Waals surface area (Å²) >= 11 is 0. The van der Waals surface area contributed by atoms with Gasteiger partial charge in [-0.1, -0.05) is 13.8 Å². The summed E-state index contributed by atoms with van der Waals surface area (Å²) in [7, 11) is -2.32. The lowest BCUT2D eigenvalue weighted by Gasteiger charge is -2.28. The molecule has 0 amide bonds. The molecule has 0 radical (unpaired) electrons. The smallest absolute Gasteiger partial charge is 0.335 e. The number of carbonyl (C=O) groups excluding carboxylic acids is 1. The number of esters is 1. The van der Waals surface area contributed by atoms with Gasteiger partial charge in [0.15, 0.2) is 0 Å². The van der Waals surface area contributed by atoms with Crippen molar-refractivity contribution in [3.63, 3.8) is 0 Å². The van der Waals surface area contributed by atoms with E-state index in [2.05, 4.69) is 4.72 Å². The van der Waals surface area contributed by atoms with Crippen molar-refractivity contribution in [1.82, 2.24) is 4.72 Å². The summed E-state index contributed by atoms with van der Waals surface area (Å²) in [5.74, 6) is -0.256. The third kappa shape index (κ3) is 5.46. The van der Waals surface area contributed by atoms with Crippen molar-refractivity contribution in [3.8, 4) is 0 Å². The highest BCUT2D eigenvalue weighted by Crippen LogP contribution is 2.25. The van der Waals surface area contributed by atoms with Crippen LogP contribution in [0.4, 0.5) is 0 Å². The van der Waals surface area contributed by atoms with Crippen molar-refractivity contribution in [2.45, 2.75) is 58.2 Å². The van der Waals surface area contributed by atoms with Crippen LogP contribution in [0.1, 0.15) is 46.0 Å². The first-order valence-corrected chi connectivity index (χ1v) is 8.11. The van der Waals surface area contributed by atoms with Crippen LogP contribution in [0.3, 0.4) is 0 Å². The van der Waals surface area contributed by atoms with E-state index in [1.165, 1.54) is 7.05 Å². The molecule has 0 saturated heterocycles. The standard InChI is InChI=1S/C12H23NO5S/c1-4-9(2)12(14)17-10-5-7-11(8-6-10)18-19(15,16)13-3/h9-11,13H,4-8H2,1-3H3. The third-order valence-corrected chi connectivity index (χ3v) is 4.46. The van der Waals surface area contributed by atoms with Gasteiger partial charge in [-0.05, 0) is 32.1 Å². The summed E-state index contributed by atoms with van der Waals surface area (Å²) in [5, 5.41) is 0. The van der Waals surface area contributed by atoms with Gasteiger partial charge >= 0.3 is 16.3 Å². The number of carbonyl (C=O) groups is 1. The summed E-state index contributed by atoms with van der Waals surface area (Å²) < 4.78 is 35.0. The quantitative estimate of drug-likeness (QED) is 0.748. The minimum absolute atomic E-state index is 0.0846. The van der Waals surface area contributed by atoms with Crippen LogP contribution in [-0.2, 0) is 24.0 Å². The van der Waals surface area contributed by atoms with E-state index < -0.39 is 10.3 Å². The molecule has 1 fully saturated rings. The van der Waals surface area contributed by atoms with Gasteiger partial charge in [0.25, 0.3) is 0 Å². The van der Waals surface area contributed by atoms with Crippen LogP contribution in [0.5, 0.6) is 0 Å². The SMILES string of the molecule is CCC(C)C(=O)OC1CCC(OS(=O)(=O)NC)CC1. The van der Waals surface area contributed by atoms with Crippen LogP contribution in [0.25, 0.3) is 0 Å². The molecule has 0 aromatic heterocycles. The normalized spacial score (nSPS) is 25.8. The molecule has 0 bridgehead atoms. The summed E-state index contributed by atoms with van der Waals surface area (Å²) in [5.41, 5.74) is 0. The molecule has 19 heavy (non-hydrogen) atoms. The van der Waals surface area contributed by atoms with Gasteiger partial charge < -0.3 is 4.74 Å². The molecule has 0 aliphatic heterocycles. The molecule has 0 aromatic carbocycles. The molecule has 1 aliphatic rings. The van der Waals surface area contributed by atoms with Crippen LogP contribution >= 0.6 is 0 Å². The van der Waals surface area contributed by atoms with E-state index in [0.29, 0.717) is 25.7 Å². The van der Waals surface area contributed by atoms with Gasteiger partial charge in [0.05, 0.1) is 12.0 Å². The van der Waals surface area contributed by atoms with Crippen LogP contribution in [0.2, 0.25) is 0 Å². The summed E-state index contributed by atoms with van der Waals surface area (Å²) in [4.78, 5) is 11.6. The number of hydrogen-bond donors (Lipinski definition) is 1. The first-order chi connectivity index (χ1) is 8.88. The predicted octanol–water partition coefficient (Wildman–Crippen LogP) is 1.37. The van der Waals surface area contributed by atoms with E-state index in [9.17, 15) is 13.2 Å². The Bertz CT molecular complexity index is 387. The van der Waals surface area contributed by atoms with Gasteiger partial charge in [0.2, 0.25) is 0 Å². The lowest BCUT2D eigenvalue weighted by Crippen LogP contribution is -2.33. The lowest BCUT2D eigenvalue weighted by molar-refractivity contribution is -0.155. The van der Waals surface area contributed by atoms with Crippen molar-refractivity contribution < 1.29 is 22.1 Å². The highest BCUT2D eigenvalue weighted by atomic mass is 32.2. The summed E-state index contributed by atoms with van der Waals surface area (Å²) in [6.07, 6.45) is 2.78. The van der Waals surface area contributed by atoms with Gasteiger partial charge in [-0.3, -0.25) is 8.98 Å². The fourth-order valence-corrected chi connectivity index (χ4v) is 2.57. The maximum Gasteiger partial charge on any atom is 0.335 e. The number of ether oxygens (including phenoxy) is 1. The third-order valence-electron chi connectivity index (χ3n) is 3.43. The fourth-order valence-electron chi connectivity index (χ4n) is 1.92. The highest BCUT2D eigenvalue weighted by molar-refractivity contribution is 7.84. The Morgan fingerprint density at radius 2 is 1.79 bits per heavy atom. The molecule has 1 saturated carbocycles. The van der Waals surface area contributed by atoms with E-state index >= 15 is 0 Å². The van der Waals surface area contributed by atoms with Crippen molar-refractivity contribution in [1.29, 1.82) is 0 Å². The van der Waals surface area contributed by atoms with Gasteiger partial charge in [-0.15, -0.1) is 0 Å². The molecule has 0 aromatic rings. The Morgan fingerprint density at radius 3 is 2.26 bits per heavy atom. The molecule has 1 unspecified atom stereocenters. The second-order valence-corrected chi connectivity index (χ2v) is 6.41. The molecule has 0 spiro atoms. The molecule has 1 atom stereocenters. The zero-order chi connectivity index (χ0) is 14.5. The molecular formula is C12H23NO5S. The number of hydrogen-bond acceptors (Lipinski definition) is 5. The molecule has 7 heteroatoms. The van der Waals surface area contributed by atoms with Crippen molar-refractivity contribution in [2.24, 2.45) is 5.92 Å². The monoisotopic (exact) mass is 293 g/mol. The summed E-state index contributed by atoms with van der Waals surface area (Å²) in [6, 6.07) is 0. The Balaban J connectivity index is 2.35. The van der Waals surface area contributed by atoms with E-state index in [4.69, 9.17) is 8.92 Å². The van der Waals surface area contributed by atoms with Crippen LogP contribution in [0.15, 0.2) is 0 Å². The van der Waals surface area contributed by atoms with E-state index in [1.54, 1.807) is 0 Å². The minimum atomic E-state index is -3.63. The lowest BCUT2D eigenvalue weighted by atomic mass is 9.95. The second kappa shape index (κ2) is 7.21. The van der Waals surface area contributed by atoms with Gasteiger partial charge in [-0.25, -0.2) is 0 Å². The molecule has 1 N–H and O–H groups in total. The zero-order valence-electron chi connectivity index (χ0n) is 11.7. The zero-order valence-corrected chi connectivity index (χ0v) is 12.5. The minimum Gasteiger partial charge on any atom is -0.462 e. The van der Waals surface area contributed by atoms with Gasteiger partial charge in [0, 0.05) is 7.05 Å². The van der Waals surface area contributed by atoms with E-state index in [1.807, 2.05) is 13.8 Å². The first kappa shape index (κ1) is 16.4. The Hall–Kier alpha value is -0.660. The van der Waals surface area contributed by atoms with Gasteiger partial charge in [-0.2, -0.15) is 13.1 Å². The topological polar surface area (TPSA) is 81.7 Å². The molecule has 1 aliphatic carbocycles. The van der Waals surface area contributed by atoms with Crippen molar-refractivity contribution in [2.75, 3.05) is 7.05 Å². The second-order valence-electron chi connectivity index (χ2n) is 4.90. The van der Waals surface area contributed by atoms with Crippen molar-refractivity contribution in [3.05, 3.63) is 0 Å². The molecule has 6 nitrogen and oxygen atoms in total. The Labute approximate surface area is 115 Å². The van der Waals surface area contributed by atoms with Crippen molar-refractivity contribution >= 4 is 16.3 Å². The summed E-state index contributed by atoms with van der Waals surface area (Å²) in [6.45, 7) is 3.79.